The molecule has 1 aromatic rings. The van der Waals surface area contributed by atoms with Crippen molar-refractivity contribution in [3.05, 3.63) is 30.1 Å². The van der Waals surface area contributed by atoms with Gasteiger partial charge in [0.25, 0.3) is 0 Å². The molecule has 0 radical (unpaired) electrons. The van der Waals surface area contributed by atoms with Gasteiger partial charge in [0.15, 0.2) is 18.2 Å². The Morgan fingerprint density at radius 1 is 1.18 bits per heavy atom. The van der Waals surface area contributed by atoms with Gasteiger partial charge in [-0.25, -0.2) is 19.0 Å². The second-order valence-corrected chi connectivity index (χ2v) is 10.4. The van der Waals surface area contributed by atoms with Gasteiger partial charge in [0, 0.05) is 24.8 Å². The molecule has 188 valence electrons. The highest BCUT2D eigenvalue weighted by Crippen LogP contribution is 2.60. The summed E-state index contributed by atoms with van der Waals surface area (Å²) in [5.41, 5.74) is -0.452. The highest BCUT2D eigenvalue weighted by molar-refractivity contribution is 5.89. The van der Waals surface area contributed by atoms with Crippen LogP contribution < -0.4 is 10.6 Å². The summed E-state index contributed by atoms with van der Waals surface area (Å²) in [5.74, 6) is -0.123. The molecule has 4 heterocycles. The Hall–Kier alpha value is -1.78. The highest BCUT2D eigenvalue weighted by Gasteiger charge is 2.69. The van der Waals surface area contributed by atoms with Crippen molar-refractivity contribution < 1.29 is 33.2 Å². The van der Waals surface area contributed by atoms with Crippen LogP contribution in [0.1, 0.15) is 52.9 Å². The third kappa shape index (κ3) is 4.22. The zero-order valence-electron chi connectivity index (χ0n) is 20.1. The molecular weight excluding hydrogens is 443 g/mol. The van der Waals surface area contributed by atoms with Crippen molar-refractivity contribution in [2.75, 3.05) is 18.5 Å². The number of hydrogen-bond donors (Lipinski definition) is 2. The fourth-order valence-electron chi connectivity index (χ4n) is 6.27. The lowest BCUT2D eigenvalue weighted by Crippen LogP contribution is -2.70. The van der Waals surface area contributed by atoms with Crippen molar-refractivity contribution in [1.82, 2.24) is 5.32 Å². The first-order chi connectivity index (χ1) is 16.3. The summed E-state index contributed by atoms with van der Waals surface area (Å²) < 4.78 is 32.5. The lowest BCUT2D eigenvalue weighted by atomic mass is 9.58. The Labute approximate surface area is 199 Å². The average Bonchev–Trinajstić information content (AvgIpc) is 3.04. The van der Waals surface area contributed by atoms with E-state index in [2.05, 4.69) is 24.5 Å². The number of carbonyl (C=O) groups is 1. The van der Waals surface area contributed by atoms with Gasteiger partial charge < -0.3 is 24.8 Å². The maximum atomic E-state index is 13.7. The summed E-state index contributed by atoms with van der Waals surface area (Å²) in [4.78, 5) is 24.0. The van der Waals surface area contributed by atoms with E-state index in [0.717, 1.165) is 25.7 Å². The number of rotatable bonds is 6. The largest absolute Gasteiger partial charge is 0.352 e. The Kier molecular flexibility index (Phi) is 6.58. The number of hydrogen-bond acceptors (Lipinski definition) is 6. The number of halogens is 1. The number of carbonyl (C=O) groups excluding carboxylic acids is 1. The molecule has 6 rings (SSSR count). The third-order valence-electron chi connectivity index (χ3n) is 8.11. The molecule has 0 unspecified atom stereocenters. The van der Waals surface area contributed by atoms with E-state index < -0.39 is 35.8 Å². The zero-order chi connectivity index (χ0) is 23.9. The molecular formula is C25H35FN2O6. The summed E-state index contributed by atoms with van der Waals surface area (Å²) in [6.45, 7) is 7.15. The average molecular weight is 479 g/mol. The van der Waals surface area contributed by atoms with Gasteiger partial charge in [-0.3, -0.25) is 0 Å². The maximum Gasteiger partial charge on any atom is 0.319 e. The number of nitrogens with one attached hydrogen (secondary N) is 2. The Morgan fingerprint density at radius 2 is 2.00 bits per heavy atom. The number of ether oxygens (including phenoxy) is 3. The number of fused-ring (bicyclic) bond motifs is 2. The van der Waals surface area contributed by atoms with E-state index in [1.807, 2.05) is 6.92 Å². The molecule has 5 fully saturated rings. The molecule has 8 nitrogen and oxygen atoms in total. The Balaban J connectivity index is 1.15. The van der Waals surface area contributed by atoms with Crippen LogP contribution in [0.25, 0.3) is 0 Å². The Morgan fingerprint density at radius 3 is 2.82 bits per heavy atom. The third-order valence-corrected chi connectivity index (χ3v) is 8.11. The minimum Gasteiger partial charge on any atom is -0.352 e. The minimum absolute atomic E-state index is 0.109. The molecule has 2 bridgehead atoms. The van der Waals surface area contributed by atoms with Gasteiger partial charge in [-0.05, 0) is 56.6 Å². The highest BCUT2D eigenvalue weighted by atomic mass is 19.1. The van der Waals surface area contributed by atoms with Crippen LogP contribution in [0.5, 0.6) is 0 Å². The molecule has 34 heavy (non-hydrogen) atoms. The SMILES string of the molecule is C[C@H]1[C@@H](OCCCNC(=O)Nc2ccccc2F)O[C@@H]2O[C@]3(C)CC[C@H]4[C@H](C)CC[C@@H]1[C@@]24OO3. The van der Waals surface area contributed by atoms with Gasteiger partial charge >= 0.3 is 6.03 Å². The molecule has 1 aromatic carbocycles. The lowest BCUT2D eigenvalue weighted by Gasteiger charge is -2.60. The van der Waals surface area contributed by atoms with Crippen molar-refractivity contribution in [2.24, 2.45) is 23.7 Å². The van der Waals surface area contributed by atoms with Crippen molar-refractivity contribution in [1.29, 1.82) is 0 Å². The topological polar surface area (TPSA) is 87.3 Å². The second kappa shape index (κ2) is 9.35. The number of benzene rings is 1. The molecule has 4 saturated heterocycles. The minimum atomic E-state index is -0.807. The first-order valence-corrected chi connectivity index (χ1v) is 12.4. The molecule has 0 aromatic heterocycles. The molecule has 8 atom stereocenters. The van der Waals surface area contributed by atoms with Crippen molar-refractivity contribution >= 4 is 11.7 Å². The monoisotopic (exact) mass is 478 g/mol. The molecule has 4 aliphatic heterocycles. The van der Waals surface area contributed by atoms with E-state index in [1.165, 1.54) is 12.1 Å². The van der Waals surface area contributed by atoms with Crippen molar-refractivity contribution in [3.8, 4) is 0 Å². The molecule has 5 aliphatic rings. The molecule has 2 amide bonds. The number of urea groups is 1. The quantitative estimate of drug-likeness (QED) is 0.460. The molecule has 1 spiro atoms. The first kappa shape index (κ1) is 23.9. The van der Waals surface area contributed by atoms with Gasteiger partial charge in [0.1, 0.15) is 5.82 Å². The second-order valence-electron chi connectivity index (χ2n) is 10.4. The van der Waals surface area contributed by atoms with E-state index in [0.29, 0.717) is 31.4 Å². The van der Waals surface area contributed by atoms with Crippen LogP contribution >= 0.6 is 0 Å². The van der Waals surface area contributed by atoms with E-state index in [1.54, 1.807) is 12.1 Å². The van der Waals surface area contributed by atoms with E-state index in [-0.39, 0.29) is 17.5 Å². The fraction of sp³-hybridized carbons (Fsp3) is 0.720. The standard InChI is InChI=1S/C25H35FN2O6/c1-15-9-10-18-16(2)21(31-22-25(18)17(15)11-12-24(3,32-22)33-34-25)30-14-6-13-27-23(29)28-20-8-5-4-7-19(20)26/h4-5,7-8,15-18,21-22H,6,9-14H2,1-3H3,(H2,27,28,29)/t15-,16-,17+,18+,21+,22-,24+,25-/m1/s1. The predicted molar refractivity (Wildman–Crippen MR) is 121 cm³/mol. The van der Waals surface area contributed by atoms with Gasteiger partial charge in [-0.1, -0.05) is 26.0 Å². The van der Waals surface area contributed by atoms with Gasteiger partial charge in [-0.15, -0.1) is 0 Å². The number of amides is 2. The van der Waals surface area contributed by atoms with E-state index in [4.69, 9.17) is 24.0 Å². The van der Waals surface area contributed by atoms with Crippen molar-refractivity contribution in [3.63, 3.8) is 0 Å². The number of anilines is 1. The van der Waals surface area contributed by atoms with E-state index in [9.17, 15) is 9.18 Å². The molecule has 1 aliphatic carbocycles. The summed E-state index contributed by atoms with van der Waals surface area (Å²) in [7, 11) is 0. The van der Waals surface area contributed by atoms with Crippen LogP contribution in [0.3, 0.4) is 0 Å². The number of para-hydroxylation sites is 1. The van der Waals surface area contributed by atoms with Gasteiger partial charge in [0.05, 0.1) is 12.3 Å². The van der Waals surface area contributed by atoms with Crippen LogP contribution in [0.15, 0.2) is 24.3 Å². The van der Waals surface area contributed by atoms with E-state index >= 15 is 0 Å². The van der Waals surface area contributed by atoms with Crippen LogP contribution in [-0.4, -0.2) is 43.2 Å². The van der Waals surface area contributed by atoms with Crippen LogP contribution in [0.2, 0.25) is 0 Å². The zero-order valence-corrected chi connectivity index (χ0v) is 20.1. The Bertz CT molecular complexity index is 904. The summed E-state index contributed by atoms with van der Waals surface area (Å²) in [6, 6.07) is 5.60. The van der Waals surface area contributed by atoms with Crippen molar-refractivity contribution in [2.45, 2.75) is 76.8 Å². The lowest BCUT2D eigenvalue weighted by molar-refractivity contribution is -0.577. The molecule has 2 N–H and O–H groups in total. The van der Waals surface area contributed by atoms with Crippen LogP contribution in [0.4, 0.5) is 14.9 Å². The van der Waals surface area contributed by atoms with Gasteiger partial charge in [0.2, 0.25) is 5.79 Å². The van der Waals surface area contributed by atoms with Crippen LogP contribution in [-0.2, 0) is 24.0 Å². The normalized spacial score (nSPS) is 40.8. The fourth-order valence-corrected chi connectivity index (χ4v) is 6.27. The predicted octanol–water partition coefficient (Wildman–Crippen LogP) is 4.56. The molecule has 9 heteroatoms. The van der Waals surface area contributed by atoms with Crippen LogP contribution in [0, 0.1) is 29.5 Å². The summed E-state index contributed by atoms with van der Waals surface area (Å²) >= 11 is 0. The first-order valence-electron chi connectivity index (χ1n) is 12.4. The smallest absolute Gasteiger partial charge is 0.319 e. The summed E-state index contributed by atoms with van der Waals surface area (Å²) in [5, 5.41) is 5.24. The summed E-state index contributed by atoms with van der Waals surface area (Å²) in [6.07, 6.45) is 3.56. The molecule has 1 saturated carbocycles. The maximum absolute atomic E-state index is 13.7. The van der Waals surface area contributed by atoms with Gasteiger partial charge in [-0.2, -0.15) is 0 Å².